The van der Waals surface area contributed by atoms with Crippen molar-refractivity contribution in [2.24, 2.45) is 0 Å². The summed E-state index contributed by atoms with van der Waals surface area (Å²) in [5.74, 6) is 1.65. The summed E-state index contributed by atoms with van der Waals surface area (Å²) in [6.45, 7) is 0. The molecule has 12 rings (SSSR count). The van der Waals surface area contributed by atoms with Gasteiger partial charge in [0.2, 0.25) is 0 Å². The van der Waals surface area contributed by atoms with Gasteiger partial charge in [0.25, 0.3) is 0 Å². The van der Waals surface area contributed by atoms with Crippen molar-refractivity contribution in [3.8, 4) is 78.7 Å². The standard InChI is InChI=1S/C57H35N3O2/c1-6-17-36(18-7-1)42-33-47(39-23-12-4-13-24-39)54-49(34-42)44-27-16-28-45(52(44)62-54)57-59-55(40-25-14-5-15-26-40)58-56(60-57)41-29-30-51-48(31-41)50-35-43(37-19-8-2-9-20-37)32-46(53(50)61-51)38-21-10-3-11-22-38/h1-35H. The molecule has 0 aliphatic rings. The molecule has 9 aromatic carbocycles. The molecule has 0 fully saturated rings. The number of hydrogen-bond donors (Lipinski definition) is 0. The molecule has 5 nitrogen and oxygen atoms in total. The Kier molecular flexibility index (Phi) is 8.42. The fourth-order valence-electron chi connectivity index (χ4n) is 8.69. The van der Waals surface area contributed by atoms with E-state index in [9.17, 15) is 0 Å². The minimum absolute atomic E-state index is 0.526. The fourth-order valence-corrected chi connectivity index (χ4v) is 8.69. The normalized spacial score (nSPS) is 11.5. The molecule has 0 atom stereocenters. The van der Waals surface area contributed by atoms with Gasteiger partial charge in [-0.15, -0.1) is 0 Å². The van der Waals surface area contributed by atoms with Crippen LogP contribution in [0.2, 0.25) is 0 Å². The Bertz CT molecular complexity index is 3600. The second kappa shape index (κ2) is 14.7. The summed E-state index contributed by atoms with van der Waals surface area (Å²) in [4.78, 5) is 15.6. The number of para-hydroxylation sites is 1. The van der Waals surface area contributed by atoms with Gasteiger partial charge < -0.3 is 8.83 Å². The monoisotopic (exact) mass is 793 g/mol. The molecule has 62 heavy (non-hydrogen) atoms. The van der Waals surface area contributed by atoms with Crippen LogP contribution in [0.3, 0.4) is 0 Å². The average molecular weight is 794 g/mol. The van der Waals surface area contributed by atoms with E-state index in [2.05, 4.69) is 140 Å². The molecule has 0 unspecified atom stereocenters. The Hall–Kier alpha value is -8.41. The van der Waals surface area contributed by atoms with Gasteiger partial charge >= 0.3 is 0 Å². The second-order valence-corrected chi connectivity index (χ2v) is 15.5. The summed E-state index contributed by atoms with van der Waals surface area (Å²) in [5, 5.41) is 4.03. The smallest absolute Gasteiger partial charge is 0.167 e. The van der Waals surface area contributed by atoms with Crippen LogP contribution in [0.5, 0.6) is 0 Å². The fraction of sp³-hybridized carbons (Fsp3) is 0. The Morgan fingerprint density at radius 3 is 1.24 bits per heavy atom. The summed E-state index contributed by atoms with van der Waals surface area (Å²) in [6.07, 6.45) is 0. The molecular formula is C57H35N3O2. The van der Waals surface area contributed by atoms with Crippen LogP contribution >= 0.6 is 0 Å². The van der Waals surface area contributed by atoms with E-state index in [1.165, 1.54) is 0 Å². The van der Waals surface area contributed by atoms with Crippen LogP contribution in [-0.4, -0.2) is 15.0 Å². The summed E-state index contributed by atoms with van der Waals surface area (Å²) in [6, 6.07) is 73.3. The quantitative estimate of drug-likeness (QED) is 0.161. The number of benzene rings is 9. The SMILES string of the molecule is c1ccc(-c2cc(-c3ccccc3)c3oc4ccc(-c5nc(-c6ccccc6)nc(-c6cccc7c6oc6c(-c8ccccc8)cc(-c8ccccc8)cc67)n5)cc4c3c2)cc1. The third-order valence-electron chi connectivity index (χ3n) is 11.7. The van der Waals surface area contributed by atoms with Crippen molar-refractivity contribution >= 4 is 43.9 Å². The Labute approximate surface area is 357 Å². The molecule has 0 amide bonds. The molecule has 12 aromatic rings. The lowest BCUT2D eigenvalue weighted by Gasteiger charge is -2.09. The minimum atomic E-state index is 0.526. The lowest BCUT2D eigenvalue weighted by atomic mass is 9.95. The third kappa shape index (κ3) is 6.14. The van der Waals surface area contributed by atoms with E-state index < -0.39 is 0 Å². The van der Waals surface area contributed by atoms with Crippen molar-refractivity contribution in [3.05, 3.63) is 212 Å². The average Bonchev–Trinajstić information content (AvgIpc) is 3.93. The van der Waals surface area contributed by atoms with Gasteiger partial charge in [-0.1, -0.05) is 164 Å². The number of hydrogen-bond acceptors (Lipinski definition) is 5. The summed E-state index contributed by atoms with van der Waals surface area (Å²) in [5.41, 5.74) is 14.5. The van der Waals surface area contributed by atoms with Crippen LogP contribution in [0, 0.1) is 0 Å². The van der Waals surface area contributed by atoms with Crippen LogP contribution in [0.25, 0.3) is 123 Å². The molecule has 0 aliphatic heterocycles. The zero-order valence-corrected chi connectivity index (χ0v) is 33.4. The van der Waals surface area contributed by atoms with E-state index in [4.69, 9.17) is 23.8 Å². The molecule has 0 N–H and O–H groups in total. The maximum atomic E-state index is 6.98. The van der Waals surface area contributed by atoms with Gasteiger partial charge in [-0.2, -0.15) is 0 Å². The maximum Gasteiger partial charge on any atom is 0.167 e. The van der Waals surface area contributed by atoms with E-state index in [1.807, 2.05) is 72.8 Å². The van der Waals surface area contributed by atoms with E-state index >= 15 is 0 Å². The van der Waals surface area contributed by atoms with Gasteiger partial charge in [0, 0.05) is 43.8 Å². The molecule has 3 aromatic heterocycles. The van der Waals surface area contributed by atoms with Crippen molar-refractivity contribution in [1.29, 1.82) is 0 Å². The summed E-state index contributed by atoms with van der Waals surface area (Å²) in [7, 11) is 0. The molecule has 0 spiro atoms. The molecule has 3 heterocycles. The topological polar surface area (TPSA) is 65.0 Å². The maximum absolute atomic E-state index is 6.98. The third-order valence-corrected chi connectivity index (χ3v) is 11.7. The van der Waals surface area contributed by atoms with Gasteiger partial charge in [-0.25, -0.2) is 15.0 Å². The lowest BCUT2D eigenvalue weighted by molar-refractivity contribution is 0.670. The lowest BCUT2D eigenvalue weighted by Crippen LogP contribution is -2.00. The van der Waals surface area contributed by atoms with Crippen LogP contribution in [0.4, 0.5) is 0 Å². The highest BCUT2D eigenvalue weighted by Gasteiger charge is 2.22. The van der Waals surface area contributed by atoms with Crippen molar-refractivity contribution in [3.63, 3.8) is 0 Å². The molecule has 0 saturated carbocycles. The zero-order chi connectivity index (χ0) is 41.0. The molecular weight excluding hydrogens is 759 g/mol. The minimum Gasteiger partial charge on any atom is -0.455 e. The second-order valence-electron chi connectivity index (χ2n) is 15.5. The number of furan rings is 2. The highest BCUT2D eigenvalue weighted by atomic mass is 16.3. The predicted octanol–water partition coefficient (Wildman–Crippen LogP) is 15.3. The molecule has 0 saturated heterocycles. The first-order chi connectivity index (χ1) is 30.7. The van der Waals surface area contributed by atoms with Gasteiger partial charge in [0.1, 0.15) is 22.3 Å². The molecule has 290 valence electrons. The Balaban J connectivity index is 1.07. The largest absolute Gasteiger partial charge is 0.455 e. The molecule has 0 aliphatic carbocycles. The Morgan fingerprint density at radius 2 is 0.677 bits per heavy atom. The van der Waals surface area contributed by atoms with Gasteiger partial charge in [0.05, 0.1) is 5.56 Å². The number of nitrogens with zero attached hydrogens (tertiary/aromatic N) is 3. The van der Waals surface area contributed by atoms with Gasteiger partial charge in [-0.05, 0) is 81.9 Å². The van der Waals surface area contributed by atoms with Crippen molar-refractivity contribution in [2.45, 2.75) is 0 Å². The summed E-state index contributed by atoms with van der Waals surface area (Å²) >= 11 is 0. The van der Waals surface area contributed by atoms with Crippen LogP contribution in [-0.2, 0) is 0 Å². The van der Waals surface area contributed by atoms with Crippen LogP contribution < -0.4 is 0 Å². The first-order valence-corrected chi connectivity index (χ1v) is 20.8. The van der Waals surface area contributed by atoms with E-state index in [1.54, 1.807) is 0 Å². The van der Waals surface area contributed by atoms with Gasteiger partial charge in [0.15, 0.2) is 17.5 Å². The van der Waals surface area contributed by atoms with Crippen LogP contribution in [0.15, 0.2) is 221 Å². The number of rotatable bonds is 7. The Morgan fingerprint density at radius 1 is 0.242 bits per heavy atom. The molecule has 0 bridgehead atoms. The zero-order valence-electron chi connectivity index (χ0n) is 33.4. The van der Waals surface area contributed by atoms with Gasteiger partial charge in [-0.3, -0.25) is 0 Å². The highest BCUT2D eigenvalue weighted by molar-refractivity contribution is 6.15. The number of fused-ring (bicyclic) bond motifs is 6. The van der Waals surface area contributed by atoms with E-state index in [0.717, 1.165) is 105 Å². The van der Waals surface area contributed by atoms with Crippen LogP contribution in [0.1, 0.15) is 0 Å². The highest BCUT2D eigenvalue weighted by Crippen LogP contribution is 2.44. The number of aromatic nitrogens is 3. The van der Waals surface area contributed by atoms with Crippen molar-refractivity contribution in [2.75, 3.05) is 0 Å². The van der Waals surface area contributed by atoms with Crippen molar-refractivity contribution in [1.82, 2.24) is 15.0 Å². The molecule has 5 heteroatoms. The predicted molar refractivity (Wildman–Crippen MR) is 252 cm³/mol. The first-order valence-electron chi connectivity index (χ1n) is 20.8. The first kappa shape index (κ1) is 35.5. The molecule has 0 radical (unpaired) electrons. The summed E-state index contributed by atoms with van der Waals surface area (Å²) < 4.78 is 13.7. The van der Waals surface area contributed by atoms with E-state index in [0.29, 0.717) is 17.5 Å². The van der Waals surface area contributed by atoms with E-state index in [-0.39, 0.29) is 0 Å². The van der Waals surface area contributed by atoms with Crippen molar-refractivity contribution < 1.29 is 8.83 Å².